The number of benzene rings is 1. The number of nitrogens with one attached hydrogen (secondary N) is 1. The maximum absolute atomic E-state index is 13.0. The molecular weight excluding hydrogens is 398 g/mol. The first-order chi connectivity index (χ1) is 14.2. The summed E-state index contributed by atoms with van der Waals surface area (Å²) in [5.74, 6) is 0.777. The first-order valence-corrected chi connectivity index (χ1v) is 12.0. The fourth-order valence-corrected chi connectivity index (χ4v) is 5.75. The lowest BCUT2D eigenvalue weighted by atomic mass is 9.95. The zero-order valence-corrected chi connectivity index (χ0v) is 19.5. The highest BCUT2D eigenvalue weighted by Crippen LogP contribution is 2.29. The number of anilines is 1. The minimum Gasteiger partial charge on any atom is -0.338 e. The molecule has 1 aliphatic heterocycles. The van der Waals surface area contributed by atoms with Gasteiger partial charge in [0.2, 0.25) is 16.0 Å². The molecule has 1 saturated heterocycles. The lowest BCUT2D eigenvalue weighted by molar-refractivity contribution is 0.254. The average Bonchev–Trinajstić information content (AvgIpc) is 2.75. The van der Waals surface area contributed by atoms with Gasteiger partial charge in [-0.05, 0) is 81.5 Å². The molecule has 8 heteroatoms. The molecule has 0 amide bonds. The topological polar surface area (TPSA) is 78.4 Å². The Morgan fingerprint density at radius 3 is 1.97 bits per heavy atom. The minimum atomic E-state index is -3.52. The molecule has 2 aromatic rings. The fraction of sp³-hybridized carbons (Fsp3) is 0.545. The standard InChI is InChI=1S/C22H33N5O2S/c1-16-17(2)19(4)21(20(5)18(16)3)30(28,29)25-10-7-11-26-12-14-27(15-13-26)22-23-8-6-9-24-22/h6,8-9,25H,7,10-15H2,1-5H3. The third-order valence-electron chi connectivity index (χ3n) is 6.35. The third kappa shape index (κ3) is 4.82. The molecule has 1 aromatic carbocycles. The Kier molecular flexibility index (Phi) is 7.10. The van der Waals surface area contributed by atoms with E-state index in [2.05, 4.69) is 31.4 Å². The van der Waals surface area contributed by atoms with Crippen molar-refractivity contribution in [3.05, 3.63) is 46.3 Å². The van der Waals surface area contributed by atoms with Crippen LogP contribution in [0.5, 0.6) is 0 Å². The van der Waals surface area contributed by atoms with Gasteiger partial charge in [-0.25, -0.2) is 23.1 Å². The van der Waals surface area contributed by atoms with Crippen LogP contribution in [0.3, 0.4) is 0 Å². The molecule has 0 bridgehead atoms. The van der Waals surface area contributed by atoms with Gasteiger partial charge in [0.1, 0.15) is 0 Å². The molecule has 1 fully saturated rings. The van der Waals surface area contributed by atoms with Crippen LogP contribution in [-0.4, -0.2) is 62.6 Å². The van der Waals surface area contributed by atoms with Gasteiger partial charge in [0.25, 0.3) is 0 Å². The second-order valence-corrected chi connectivity index (χ2v) is 9.79. The summed E-state index contributed by atoms with van der Waals surface area (Å²) < 4.78 is 28.8. The molecule has 0 spiro atoms. The first kappa shape index (κ1) is 22.7. The van der Waals surface area contributed by atoms with Crippen LogP contribution in [-0.2, 0) is 10.0 Å². The van der Waals surface area contributed by atoms with E-state index in [1.807, 2.05) is 33.8 Å². The van der Waals surface area contributed by atoms with E-state index < -0.39 is 10.0 Å². The zero-order valence-electron chi connectivity index (χ0n) is 18.7. The third-order valence-corrected chi connectivity index (χ3v) is 8.08. The molecule has 0 radical (unpaired) electrons. The summed E-state index contributed by atoms with van der Waals surface area (Å²) in [4.78, 5) is 13.6. The Labute approximate surface area is 180 Å². The van der Waals surface area contributed by atoms with E-state index >= 15 is 0 Å². The Morgan fingerprint density at radius 1 is 0.867 bits per heavy atom. The van der Waals surface area contributed by atoms with Gasteiger partial charge >= 0.3 is 0 Å². The second-order valence-electron chi connectivity index (χ2n) is 8.08. The first-order valence-electron chi connectivity index (χ1n) is 10.5. The number of rotatable bonds is 7. The van der Waals surface area contributed by atoms with Gasteiger partial charge in [0.05, 0.1) is 4.90 Å². The van der Waals surface area contributed by atoms with Gasteiger partial charge in [-0.3, -0.25) is 4.90 Å². The van der Waals surface area contributed by atoms with E-state index in [1.165, 1.54) is 5.56 Å². The predicted octanol–water partition coefficient (Wildman–Crippen LogP) is 2.51. The quantitative estimate of drug-likeness (QED) is 0.679. The van der Waals surface area contributed by atoms with Gasteiger partial charge in [0.15, 0.2) is 0 Å². The molecule has 0 unspecified atom stereocenters. The van der Waals surface area contributed by atoms with Crippen LogP contribution in [0.25, 0.3) is 0 Å². The van der Waals surface area contributed by atoms with E-state index in [-0.39, 0.29) is 0 Å². The molecule has 0 aliphatic carbocycles. The monoisotopic (exact) mass is 431 g/mol. The Hall–Kier alpha value is -2.03. The lowest BCUT2D eigenvalue weighted by Gasteiger charge is -2.34. The van der Waals surface area contributed by atoms with Gasteiger partial charge in [-0.1, -0.05) is 0 Å². The van der Waals surface area contributed by atoms with Crippen molar-refractivity contribution in [2.24, 2.45) is 0 Å². The summed E-state index contributed by atoms with van der Waals surface area (Å²) in [5, 5.41) is 0. The number of hydrogen-bond acceptors (Lipinski definition) is 6. The smallest absolute Gasteiger partial charge is 0.241 e. The van der Waals surface area contributed by atoms with Crippen molar-refractivity contribution in [3.8, 4) is 0 Å². The zero-order chi connectivity index (χ0) is 21.9. The SMILES string of the molecule is Cc1c(C)c(C)c(S(=O)(=O)NCCCN2CCN(c3ncccn3)CC2)c(C)c1C. The summed E-state index contributed by atoms with van der Waals surface area (Å²) in [7, 11) is -3.52. The van der Waals surface area contributed by atoms with Gasteiger partial charge in [-0.2, -0.15) is 0 Å². The molecule has 7 nitrogen and oxygen atoms in total. The summed E-state index contributed by atoms with van der Waals surface area (Å²) in [6, 6.07) is 1.82. The second kappa shape index (κ2) is 9.41. The number of aromatic nitrogens is 2. The summed E-state index contributed by atoms with van der Waals surface area (Å²) in [5.41, 5.74) is 4.98. The van der Waals surface area contributed by atoms with Crippen molar-refractivity contribution in [1.82, 2.24) is 19.6 Å². The molecule has 30 heavy (non-hydrogen) atoms. The van der Waals surface area contributed by atoms with Crippen LogP contribution in [0.4, 0.5) is 5.95 Å². The van der Waals surface area contributed by atoms with Crippen molar-refractivity contribution >= 4 is 16.0 Å². The normalized spacial score (nSPS) is 15.6. The van der Waals surface area contributed by atoms with Crippen molar-refractivity contribution in [3.63, 3.8) is 0 Å². The largest absolute Gasteiger partial charge is 0.338 e. The Balaban J connectivity index is 1.52. The van der Waals surface area contributed by atoms with Crippen molar-refractivity contribution in [2.45, 2.75) is 45.9 Å². The highest BCUT2D eigenvalue weighted by molar-refractivity contribution is 7.89. The Morgan fingerprint density at radius 2 is 1.40 bits per heavy atom. The fourth-order valence-electron chi connectivity index (χ4n) is 4.08. The van der Waals surface area contributed by atoms with Crippen molar-refractivity contribution in [1.29, 1.82) is 0 Å². The van der Waals surface area contributed by atoms with E-state index in [0.29, 0.717) is 11.4 Å². The average molecular weight is 432 g/mol. The lowest BCUT2D eigenvalue weighted by Crippen LogP contribution is -2.47. The molecule has 0 atom stereocenters. The Bertz CT molecular complexity index is 955. The molecule has 164 valence electrons. The van der Waals surface area contributed by atoms with E-state index in [9.17, 15) is 8.42 Å². The molecular formula is C22H33N5O2S. The van der Waals surface area contributed by atoms with Crippen LogP contribution >= 0.6 is 0 Å². The van der Waals surface area contributed by atoms with Crippen molar-refractivity contribution < 1.29 is 8.42 Å². The minimum absolute atomic E-state index is 0.440. The van der Waals surface area contributed by atoms with Crippen LogP contribution in [0, 0.1) is 34.6 Å². The molecule has 2 heterocycles. The van der Waals surface area contributed by atoms with E-state index in [0.717, 1.165) is 67.3 Å². The molecule has 1 N–H and O–H groups in total. The highest BCUT2D eigenvalue weighted by atomic mass is 32.2. The highest BCUT2D eigenvalue weighted by Gasteiger charge is 2.23. The predicted molar refractivity (Wildman–Crippen MR) is 121 cm³/mol. The maximum atomic E-state index is 13.0. The number of piperazine rings is 1. The number of sulfonamides is 1. The summed E-state index contributed by atoms with van der Waals surface area (Å²) in [6.07, 6.45) is 4.31. The van der Waals surface area contributed by atoms with Crippen LogP contribution in [0.15, 0.2) is 23.4 Å². The summed E-state index contributed by atoms with van der Waals surface area (Å²) >= 11 is 0. The van der Waals surface area contributed by atoms with Crippen LogP contribution < -0.4 is 9.62 Å². The molecule has 1 aromatic heterocycles. The van der Waals surface area contributed by atoms with Crippen molar-refractivity contribution in [2.75, 3.05) is 44.2 Å². The molecule has 3 rings (SSSR count). The van der Waals surface area contributed by atoms with Crippen LogP contribution in [0.2, 0.25) is 0 Å². The van der Waals surface area contributed by atoms with E-state index in [1.54, 1.807) is 12.4 Å². The number of hydrogen-bond donors (Lipinski definition) is 1. The van der Waals surface area contributed by atoms with Crippen LogP contribution in [0.1, 0.15) is 34.2 Å². The van der Waals surface area contributed by atoms with Gasteiger partial charge in [-0.15, -0.1) is 0 Å². The van der Waals surface area contributed by atoms with Gasteiger partial charge in [0, 0.05) is 45.1 Å². The van der Waals surface area contributed by atoms with Gasteiger partial charge < -0.3 is 4.90 Å². The summed E-state index contributed by atoms with van der Waals surface area (Å²) in [6.45, 7) is 14.8. The number of nitrogens with zero attached hydrogens (tertiary/aromatic N) is 4. The molecule has 0 saturated carbocycles. The maximum Gasteiger partial charge on any atom is 0.241 e. The van der Waals surface area contributed by atoms with E-state index in [4.69, 9.17) is 0 Å². The molecule has 1 aliphatic rings.